The van der Waals surface area contributed by atoms with Gasteiger partial charge in [0.1, 0.15) is 11.4 Å². The number of fused-ring (bicyclic) bond motifs is 2. The van der Waals surface area contributed by atoms with Gasteiger partial charge < -0.3 is 9.80 Å². The van der Waals surface area contributed by atoms with Crippen molar-refractivity contribution in [2.45, 2.75) is 50.4 Å². The molecular formula is C46H50N8O. The molecule has 2 saturated heterocycles. The van der Waals surface area contributed by atoms with Crippen LogP contribution in [0.1, 0.15) is 48.9 Å². The third-order valence-electron chi connectivity index (χ3n) is 13.4. The molecule has 10 rings (SSSR count). The predicted octanol–water partition coefficient (Wildman–Crippen LogP) is 7.37. The number of amides is 1. The van der Waals surface area contributed by atoms with Crippen molar-refractivity contribution in [2.24, 2.45) is 23.7 Å². The van der Waals surface area contributed by atoms with Gasteiger partial charge in [-0.2, -0.15) is 30.8 Å². The third kappa shape index (κ3) is 6.79. The van der Waals surface area contributed by atoms with E-state index in [-0.39, 0.29) is 11.3 Å². The van der Waals surface area contributed by atoms with E-state index >= 15 is 0 Å². The second-order valence-corrected chi connectivity index (χ2v) is 16.5. The Bertz CT molecular complexity index is 2190. The summed E-state index contributed by atoms with van der Waals surface area (Å²) in [6.07, 6.45) is 8.01. The smallest absolute Gasteiger partial charge is 0.226 e. The van der Waals surface area contributed by atoms with Crippen molar-refractivity contribution in [2.75, 3.05) is 32.7 Å². The van der Waals surface area contributed by atoms with Crippen LogP contribution in [0.2, 0.25) is 0 Å². The van der Waals surface area contributed by atoms with E-state index in [1.54, 1.807) is 12.4 Å². The van der Waals surface area contributed by atoms with E-state index in [1.807, 2.05) is 12.1 Å². The molecule has 4 heterocycles. The van der Waals surface area contributed by atoms with Crippen LogP contribution in [0.4, 0.5) is 0 Å². The minimum Gasteiger partial charge on any atom is -0.342 e. The van der Waals surface area contributed by atoms with Gasteiger partial charge in [-0.15, -0.1) is 0 Å². The molecule has 55 heavy (non-hydrogen) atoms. The number of piperidine rings is 2. The summed E-state index contributed by atoms with van der Waals surface area (Å²) in [4.78, 5) is 17.7. The number of likely N-dealkylation sites (tertiary alicyclic amines) is 2. The number of aryl methyl sites for hydroxylation is 2. The summed E-state index contributed by atoms with van der Waals surface area (Å²) in [6, 6.07) is 38.7. The van der Waals surface area contributed by atoms with E-state index in [4.69, 9.17) is 0 Å². The molecule has 2 saturated carbocycles. The summed E-state index contributed by atoms with van der Waals surface area (Å²) in [7, 11) is 0. The fourth-order valence-electron chi connectivity index (χ4n) is 10.00. The number of carbonyl (C=O) groups excluding carboxylic acids is 1. The Balaban J connectivity index is 0.000000144. The molecule has 2 aromatic heterocycles. The minimum atomic E-state index is -0.0489. The van der Waals surface area contributed by atoms with Crippen molar-refractivity contribution >= 4 is 5.91 Å². The molecule has 0 bridgehead atoms. The molecule has 6 aromatic rings. The highest BCUT2D eigenvalue weighted by molar-refractivity contribution is 5.88. The second kappa shape index (κ2) is 14.7. The summed E-state index contributed by atoms with van der Waals surface area (Å²) in [5, 5.41) is 21.6. The lowest BCUT2D eigenvalue weighted by Crippen LogP contribution is -2.34. The lowest BCUT2D eigenvalue weighted by Gasteiger charge is -2.25. The fraction of sp³-hybridized carbons (Fsp3) is 0.370. The number of nitrogens with one attached hydrogen (secondary N) is 2. The van der Waals surface area contributed by atoms with Crippen LogP contribution in [0.3, 0.4) is 0 Å². The highest BCUT2D eigenvalue weighted by Gasteiger charge is 2.70. The topological polar surface area (TPSA) is 107 Å². The first-order valence-corrected chi connectivity index (χ1v) is 20.0. The van der Waals surface area contributed by atoms with Crippen molar-refractivity contribution in [1.29, 1.82) is 0 Å². The zero-order valence-electron chi connectivity index (χ0n) is 31.8. The van der Waals surface area contributed by atoms with Gasteiger partial charge in [-0.05, 0) is 84.4 Å². The average molecular weight is 731 g/mol. The van der Waals surface area contributed by atoms with Crippen molar-refractivity contribution in [3.05, 3.63) is 144 Å². The van der Waals surface area contributed by atoms with Crippen LogP contribution < -0.4 is 0 Å². The summed E-state index contributed by atoms with van der Waals surface area (Å²) >= 11 is 0. The number of aromatic nitrogens is 6. The predicted molar refractivity (Wildman–Crippen MR) is 215 cm³/mol. The van der Waals surface area contributed by atoms with Crippen molar-refractivity contribution in [1.82, 2.24) is 40.6 Å². The van der Waals surface area contributed by atoms with Crippen LogP contribution in [0.5, 0.6) is 0 Å². The quantitative estimate of drug-likeness (QED) is 0.136. The Morgan fingerprint density at radius 2 is 1.15 bits per heavy atom. The Morgan fingerprint density at radius 1 is 0.618 bits per heavy atom. The maximum atomic E-state index is 13.0. The Labute approximate surface area is 323 Å². The molecule has 280 valence electrons. The maximum Gasteiger partial charge on any atom is 0.226 e. The number of rotatable bonds is 12. The fourth-order valence-corrected chi connectivity index (χ4v) is 10.00. The highest BCUT2D eigenvalue weighted by atomic mass is 16.2. The van der Waals surface area contributed by atoms with Crippen LogP contribution in [-0.2, 0) is 28.5 Å². The van der Waals surface area contributed by atoms with Crippen molar-refractivity contribution < 1.29 is 4.79 Å². The first-order chi connectivity index (χ1) is 26.9. The van der Waals surface area contributed by atoms with E-state index in [0.29, 0.717) is 17.2 Å². The molecule has 4 aromatic carbocycles. The molecular weight excluding hydrogens is 681 g/mol. The van der Waals surface area contributed by atoms with E-state index in [2.05, 4.69) is 152 Å². The Morgan fingerprint density at radius 3 is 1.64 bits per heavy atom. The van der Waals surface area contributed by atoms with Crippen molar-refractivity contribution in [3.8, 4) is 22.5 Å². The lowest BCUT2D eigenvalue weighted by atomic mass is 9.90. The minimum absolute atomic E-state index is 0.0489. The molecule has 4 fully saturated rings. The molecule has 2 aliphatic heterocycles. The standard InChI is InChI=1S/C23H24N4O.C23H26N4/c1-23(18-11-5-10-17(13-18)20-14-24-26-25-20)19-15-27(22(28)21(19)23)12-6-9-16-7-3-2-4-8-16;1-23(19-11-5-10-18(13-19)22-14-24-26-25-22)20-15-27(16-21(20)23)12-6-9-17-7-3-2-4-8-17/h2-5,7-8,10-11,13-14,19,21H,6,9,12,15H2,1H3,(H,24,25,26);2-5,7-8,10-11,13-14,20-21H,6,9,12,15-16H2,1H3,(H,24,25,26). The van der Waals surface area contributed by atoms with Crippen LogP contribution in [0.15, 0.2) is 122 Å². The number of nitrogens with zero attached hydrogens (tertiary/aromatic N) is 6. The van der Waals surface area contributed by atoms with Gasteiger partial charge in [0.25, 0.3) is 0 Å². The van der Waals surface area contributed by atoms with Gasteiger partial charge in [-0.25, -0.2) is 0 Å². The van der Waals surface area contributed by atoms with Gasteiger partial charge in [-0.1, -0.05) is 111 Å². The van der Waals surface area contributed by atoms with Crippen LogP contribution in [0, 0.1) is 23.7 Å². The molecule has 4 aliphatic rings. The third-order valence-corrected chi connectivity index (χ3v) is 13.4. The number of H-pyrrole nitrogens is 2. The normalized spacial score (nSPS) is 26.3. The zero-order valence-corrected chi connectivity index (χ0v) is 31.8. The van der Waals surface area contributed by atoms with Gasteiger partial charge >= 0.3 is 0 Å². The van der Waals surface area contributed by atoms with E-state index in [1.165, 1.54) is 54.7 Å². The van der Waals surface area contributed by atoms with Crippen LogP contribution in [0.25, 0.3) is 22.5 Å². The zero-order chi connectivity index (χ0) is 37.4. The van der Waals surface area contributed by atoms with Crippen molar-refractivity contribution in [3.63, 3.8) is 0 Å². The van der Waals surface area contributed by atoms with Gasteiger partial charge in [-0.3, -0.25) is 4.79 Å². The summed E-state index contributed by atoms with van der Waals surface area (Å²) < 4.78 is 0. The van der Waals surface area contributed by atoms with E-state index < -0.39 is 0 Å². The van der Waals surface area contributed by atoms with Crippen LogP contribution >= 0.6 is 0 Å². The molecule has 9 heteroatoms. The second-order valence-electron chi connectivity index (χ2n) is 16.5. The molecule has 2 aliphatic carbocycles. The first kappa shape index (κ1) is 35.3. The Kier molecular flexibility index (Phi) is 9.42. The van der Waals surface area contributed by atoms with E-state index in [9.17, 15) is 4.79 Å². The molecule has 0 spiro atoms. The first-order valence-electron chi connectivity index (χ1n) is 20.0. The molecule has 0 radical (unpaired) electrons. The number of benzene rings is 4. The van der Waals surface area contributed by atoms with Gasteiger partial charge in [0, 0.05) is 48.1 Å². The number of hydrogen-bond acceptors (Lipinski definition) is 6. The van der Waals surface area contributed by atoms with Crippen LogP contribution in [-0.4, -0.2) is 79.3 Å². The average Bonchev–Trinajstić information content (AvgIpc) is 3.77. The Hall–Kier alpha value is -5.41. The molecule has 5 atom stereocenters. The molecule has 1 amide bonds. The van der Waals surface area contributed by atoms with Gasteiger partial charge in [0.15, 0.2) is 0 Å². The van der Waals surface area contributed by atoms with E-state index in [0.717, 1.165) is 60.3 Å². The molecule has 5 unspecified atom stereocenters. The largest absolute Gasteiger partial charge is 0.342 e. The monoisotopic (exact) mass is 730 g/mol. The highest BCUT2D eigenvalue weighted by Crippen LogP contribution is 2.64. The molecule has 2 N–H and O–H groups in total. The number of aromatic amines is 2. The van der Waals surface area contributed by atoms with Gasteiger partial charge in [0.05, 0.1) is 18.3 Å². The molecule has 9 nitrogen and oxygen atoms in total. The lowest BCUT2D eigenvalue weighted by molar-refractivity contribution is -0.130. The summed E-state index contributed by atoms with van der Waals surface area (Å²) in [6.45, 7) is 10.1. The van der Waals surface area contributed by atoms with Gasteiger partial charge in [0.2, 0.25) is 5.91 Å². The number of hydrogen-bond donors (Lipinski definition) is 2. The summed E-state index contributed by atoms with van der Waals surface area (Å²) in [5.74, 6) is 2.46. The summed E-state index contributed by atoms with van der Waals surface area (Å²) in [5.41, 5.74) is 9.74. The maximum absolute atomic E-state index is 13.0. The number of carbonyl (C=O) groups is 1. The SMILES string of the molecule is CC1(c2cccc(-c3cn[nH]n3)c2)C2CN(CCCc3ccccc3)C(=O)C21.CC1(c2cccc(-c3cn[nH]n3)c2)C2CN(CCCc3ccccc3)CC21.